The fraction of sp³-hybridized carbons (Fsp3) is 0.0526. The lowest BCUT2D eigenvalue weighted by Gasteiger charge is -2.11. The number of nitrogens with zero attached hydrogens (tertiary/aromatic N) is 1. The second kappa shape index (κ2) is 8.77. The van der Waals surface area contributed by atoms with Gasteiger partial charge in [0, 0.05) is 33.5 Å². The van der Waals surface area contributed by atoms with Gasteiger partial charge in [0.05, 0.1) is 6.54 Å². The molecule has 27 heavy (non-hydrogen) atoms. The van der Waals surface area contributed by atoms with Crippen LogP contribution in [0.15, 0.2) is 82.8 Å². The lowest BCUT2D eigenvalue weighted by Crippen LogP contribution is -2.30. The van der Waals surface area contributed by atoms with Crippen LogP contribution in [-0.4, -0.2) is 10.6 Å². The molecule has 0 bridgehead atoms. The van der Waals surface area contributed by atoms with Crippen molar-refractivity contribution in [2.24, 2.45) is 0 Å². The van der Waals surface area contributed by atoms with Crippen molar-refractivity contribution in [1.82, 2.24) is 5.32 Å². The lowest BCUT2D eigenvalue weighted by molar-refractivity contribution is -0.605. The van der Waals surface area contributed by atoms with Crippen molar-refractivity contribution in [3.05, 3.63) is 88.9 Å². The van der Waals surface area contributed by atoms with Crippen LogP contribution in [0, 0.1) is 5.21 Å². The number of rotatable bonds is 5. The van der Waals surface area contributed by atoms with Crippen molar-refractivity contribution in [1.29, 1.82) is 0 Å². The summed E-state index contributed by atoms with van der Waals surface area (Å²) in [4.78, 5) is 13.2. The molecule has 0 radical (unpaired) electrons. The number of benzene rings is 2. The van der Waals surface area contributed by atoms with Crippen LogP contribution in [0.1, 0.15) is 5.56 Å². The van der Waals surface area contributed by atoms with Gasteiger partial charge in [0.25, 0.3) is 0 Å². The Morgan fingerprint density at radius 3 is 2.30 bits per heavy atom. The molecule has 0 saturated carbocycles. The first-order valence-corrected chi connectivity index (χ1v) is 9.54. The number of carbonyl (C=O) groups is 1. The minimum atomic E-state index is -1.33. The van der Waals surface area contributed by atoms with E-state index < -0.39 is 17.2 Å². The highest BCUT2D eigenvalue weighted by Crippen LogP contribution is 2.23. The van der Waals surface area contributed by atoms with E-state index in [-0.39, 0.29) is 6.54 Å². The molecule has 6 nitrogen and oxygen atoms in total. The highest BCUT2D eigenvalue weighted by molar-refractivity contribution is 7.91. The van der Waals surface area contributed by atoms with Crippen molar-refractivity contribution in [2.75, 3.05) is 5.32 Å². The maximum atomic E-state index is 12.5. The number of aromatic nitrogens is 1. The second-order valence-corrected chi connectivity index (χ2v) is 7.54. The predicted molar refractivity (Wildman–Crippen MR) is 104 cm³/mol. The van der Waals surface area contributed by atoms with E-state index in [1.807, 2.05) is 0 Å². The lowest BCUT2D eigenvalue weighted by atomic mass is 10.3. The molecule has 1 unspecified atom stereocenters. The Hall–Kier alpha value is -2.74. The monoisotopic (exact) mass is 401 g/mol. The van der Waals surface area contributed by atoms with Crippen molar-refractivity contribution >= 4 is 34.5 Å². The average Bonchev–Trinajstić information content (AvgIpc) is 2.67. The third kappa shape index (κ3) is 5.37. The van der Waals surface area contributed by atoms with Crippen LogP contribution in [0.4, 0.5) is 10.5 Å². The predicted octanol–water partition coefficient (Wildman–Crippen LogP) is 3.46. The van der Waals surface area contributed by atoms with E-state index in [0.717, 1.165) is 0 Å². The molecule has 8 heteroatoms. The Kier molecular flexibility index (Phi) is 6.18. The van der Waals surface area contributed by atoms with Crippen molar-refractivity contribution < 1.29 is 14.1 Å². The summed E-state index contributed by atoms with van der Waals surface area (Å²) >= 11 is 4.52. The molecule has 3 aromatic rings. The first kappa shape index (κ1) is 19.0. The number of hydrogen-bond acceptors (Lipinski definition) is 3. The molecule has 0 saturated heterocycles. The Morgan fingerprint density at radius 1 is 1.04 bits per heavy atom. The van der Waals surface area contributed by atoms with E-state index in [1.54, 1.807) is 60.7 Å². The smallest absolute Gasteiger partial charge is 0.319 e. The number of urea groups is 1. The summed E-state index contributed by atoms with van der Waals surface area (Å²) in [5.74, 6) is 0. The zero-order valence-corrected chi connectivity index (χ0v) is 15.7. The van der Waals surface area contributed by atoms with Gasteiger partial charge in [-0.25, -0.2) is 4.79 Å². The van der Waals surface area contributed by atoms with E-state index in [0.29, 0.717) is 30.8 Å². The Morgan fingerprint density at radius 2 is 1.67 bits per heavy atom. The molecule has 1 aromatic heterocycles. The number of halogens is 1. The van der Waals surface area contributed by atoms with Gasteiger partial charge in [0.15, 0.2) is 22.2 Å². The van der Waals surface area contributed by atoms with Crippen LogP contribution in [-0.2, 0) is 17.7 Å². The number of carbonyl (C=O) groups excluding carboxylic acids is 1. The Labute approximate surface area is 164 Å². The summed E-state index contributed by atoms with van der Waals surface area (Å²) in [6.45, 7) is 0.230. The van der Waals surface area contributed by atoms with E-state index in [4.69, 9.17) is 11.6 Å². The van der Waals surface area contributed by atoms with Crippen LogP contribution in [0.25, 0.3) is 0 Å². The number of hydrogen-bond donors (Lipinski definition) is 2. The molecule has 138 valence electrons. The molecule has 0 aliphatic heterocycles. The minimum Gasteiger partial charge on any atom is -0.619 e. The SMILES string of the molecule is O=C(NCc1ccc[n+]([O-])c1)Nc1ccc([S+]([O-])c2ccc(Cl)cc2)cc1. The average molecular weight is 402 g/mol. The van der Waals surface area contributed by atoms with Gasteiger partial charge in [0.2, 0.25) is 0 Å². The molecule has 2 aromatic carbocycles. The fourth-order valence-electron chi connectivity index (χ4n) is 2.32. The number of pyridine rings is 1. The standard InChI is InChI=1S/C19H16ClN3O3S/c20-15-3-7-17(8-4-15)27(26)18-9-5-16(6-10-18)22-19(24)21-12-14-2-1-11-23(25)13-14/h1-11,13H,12H2,(H2,21,22,24). The molecule has 1 atom stereocenters. The van der Waals surface area contributed by atoms with Gasteiger partial charge in [-0.15, -0.1) is 0 Å². The Balaban J connectivity index is 1.56. The zero-order valence-electron chi connectivity index (χ0n) is 14.1. The van der Waals surface area contributed by atoms with Gasteiger partial charge in [-0.2, -0.15) is 4.73 Å². The molecule has 0 spiro atoms. The van der Waals surface area contributed by atoms with Crippen LogP contribution in [0.2, 0.25) is 5.02 Å². The van der Waals surface area contributed by atoms with Crippen molar-refractivity contribution in [2.45, 2.75) is 16.3 Å². The maximum Gasteiger partial charge on any atom is 0.319 e. The fourth-order valence-corrected chi connectivity index (χ4v) is 3.48. The number of anilines is 1. The zero-order chi connectivity index (χ0) is 19.2. The second-order valence-electron chi connectivity index (χ2n) is 5.63. The minimum absolute atomic E-state index is 0.230. The molecule has 0 aliphatic carbocycles. The van der Waals surface area contributed by atoms with Crippen LogP contribution in [0.5, 0.6) is 0 Å². The molecule has 3 rings (SSSR count). The number of nitrogens with one attached hydrogen (secondary N) is 2. The third-order valence-corrected chi connectivity index (χ3v) is 5.30. The third-order valence-electron chi connectivity index (χ3n) is 3.64. The van der Waals surface area contributed by atoms with Crippen LogP contribution in [0.3, 0.4) is 0 Å². The first-order valence-electron chi connectivity index (χ1n) is 8.01. The van der Waals surface area contributed by atoms with E-state index in [9.17, 15) is 14.6 Å². The summed E-state index contributed by atoms with van der Waals surface area (Å²) in [6, 6.07) is 16.5. The summed E-state index contributed by atoms with van der Waals surface area (Å²) in [6.07, 6.45) is 2.76. The Bertz CT molecular complexity index is 920. The van der Waals surface area contributed by atoms with Crippen LogP contribution >= 0.6 is 11.6 Å². The van der Waals surface area contributed by atoms with Crippen molar-refractivity contribution in [3.63, 3.8) is 0 Å². The largest absolute Gasteiger partial charge is 0.619 e. The molecule has 2 amide bonds. The maximum absolute atomic E-state index is 12.5. The highest BCUT2D eigenvalue weighted by Gasteiger charge is 2.14. The molecular weight excluding hydrogens is 386 g/mol. The van der Waals surface area contributed by atoms with Gasteiger partial charge < -0.3 is 20.4 Å². The first-order chi connectivity index (χ1) is 13.0. The van der Waals surface area contributed by atoms with Gasteiger partial charge >= 0.3 is 6.03 Å². The van der Waals surface area contributed by atoms with Gasteiger partial charge in [-0.3, -0.25) is 0 Å². The van der Waals surface area contributed by atoms with Crippen molar-refractivity contribution in [3.8, 4) is 0 Å². The quantitative estimate of drug-likeness (QED) is 0.389. The van der Waals surface area contributed by atoms with Gasteiger partial charge in [0.1, 0.15) is 0 Å². The van der Waals surface area contributed by atoms with Crippen LogP contribution < -0.4 is 15.4 Å². The summed E-state index contributed by atoms with van der Waals surface area (Å²) in [7, 11) is 0. The summed E-state index contributed by atoms with van der Waals surface area (Å²) in [5.41, 5.74) is 1.26. The normalized spacial score (nSPS) is 11.6. The molecule has 0 aliphatic rings. The molecule has 2 N–H and O–H groups in total. The highest BCUT2D eigenvalue weighted by atomic mass is 35.5. The molecule has 0 fully saturated rings. The van der Waals surface area contributed by atoms with E-state index in [2.05, 4.69) is 10.6 Å². The van der Waals surface area contributed by atoms with E-state index in [1.165, 1.54) is 12.4 Å². The summed E-state index contributed by atoms with van der Waals surface area (Å²) < 4.78 is 13.2. The van der Waals surface area contributed by atoms with Gasteiger partial charge in [-0.1, -0.05) is 11.6 Å². The van der Waals surface area contributed by atoms with E-state index >= 15 is 0 Å². The topological polar surface area (TPSA) is 91.1 Å². The molecular formula is C19H16ClN3O3S. The summed E-state index contributed by atoms with van der Waals surface area (Å²) in [5, 5.41) is 17.1. The molecule has 1 heterocycles. The van der Waals surface area contributed by atoms with Gasteiger partial charge in [-0.05, 0) is 54.6 Å². The number of amides is 2.